The van der Waals surface area contributed by atoms with Crippen molar-refractivity contribution in [2.75, 3.05) is 19.6 Å². The Labute approximate surface area is 104 Å². The molecule has 0 saturated carbocycles. The van der Waals surface area contributed by atoms with Crippen molar-refractivity contribution in [2.45, 2.75) is 45.3 Å². The van der Waals surface area contributed by atoms with E-state index in [1.54, 1.807) is 0 Å². The van der Waals surface area contributed by atoms with Crippen molar-refractivity contribution < 1.29 is 9.53 Å². The van der Waals surface area contributed by atoms with Gasteiger partial charge in [0.15, 0.2) is 0 Å². The molecule has 4 heteroatoms. The van der Waals surface area contributed by atoms with Gasteiger partial charge >= 0.3 is 6.09 Å². The molecule has 0 bridgehead atoms. The van der Waals surface area contributed by atoms with Crippen molar-refractivity contribution in [3.8, 4) is 0 Å². The molecule has 1 aliphatic heterocycles. The van der Waals surface area contributed by atoms with Crippen molar-refractivity contribution in [2.24, 2.45) is 0 Å². The Hall–Kier alpha value is -1.03. The number of carbonyl (C=O) groups is 1. The first kappa shape index (κ1) is 14.0. The van der Waals surface area contributed by atoms with E-state index >= 15 is 0 Å². The van der Waals surface area contributed by atoms with E-state index in [1.807, 2.05) is 26.8 Å². The Bertz CT molecular complexity index is 271. The van der Waals surface area contributed by atoms with Crippen LogP contribution in [0.1, 0.15) is 33.6 Å². The zero-order valence-electron chi connectivity index (χ0n) is 11.2. The Morgan fingerprint density at radius 1 is 1.59 bits per heavy atom. The molecule has 1 N–H and O–H groups in total. The molecule has 17 heavy (non-hydrogen) atoms. The Kier molecular flexibility index (Phi) is 5.00. The van der Waals surface area contributed by atoms with Gasteiger partial charge < -0.3 is 10.1 Å². The predicted octanol–water partition coefficient (Wildman–Crippen LogP) is 2.16. The molecule has 1 saturated heterocycles. The second-order valence-electron chi connectivity index (χ2n) is 5.46. The van der Waals surface area contributed by atoms with Crippen LogP contribution in [0.15, 0.2) is 12.7 Å². The lowest BCUT2D eigenvalue weighted by Gasteiger charge is -2.24. The number of nitrogens with zero attached hydrogens (tertiary/aromatic N) is 1. The van der Waals surface area contributed by atoms with Gasteiger partial charge in [-0.15, -0.1) is 6.58 Å². The molecule has 1 unspecified atom stereocenters. The molecular weight excluding hydrogens is 216 g/mol. The molecule has 1 fully saturated rings. The molecule has 0 radical (unpaired) electrons. The van der Waals surface area contributed by atoms with E-state index in [4.69, 9.17) is 4.74 Å². The normalized spacial score (nSPS) is 21.2. The smallest absolute Gasteiger partial charge is 0.407 e. The largest absolute Gasteiger partial charge is 0.444 e. The number of nitrogens with one attached hydrogen (secondary N) is 1. The third-order valence-electron chi connectivity index (χ3n) is 2.74. The lowest BCUT2D eigenvalue weighted by molar-refractivity contribution is 0.0514. The van der Waals surface area contributed by atoms with Crippen LogP contribution in [0, 0.1) is 0 Å². The van der Waals surface area contributed by atoms with Crippen molar-refractivity contribution in [1.82, 2.24) is 10.2 Å². The monoisotopic (exact) mass is 240 g/mol. The Morgan fingerprint density at radius 3 is 2.88 bits per heavy atom. The zero-order chi connectivity index (χ0) is 12.9. The van der Waals surface area contributed by atoms with Crippen LogP contribution in [0.2, 0.25) is 0 Å². The maximum Gasteiger partial charge on any atom is 0.407 e. The summed E-state index contributed by atoms with van der Waals surface area (Å²) in [5.41, 5.74) is -0.430. The number of amides is 1. The van der Waals surface area contributed by atoms with E-state index in [9.17, 15) is 4.79 Å². The molecule has 1 heterocycles. The quantitative estimate of drug-likeness (QED) is 0.766. The standard InChI is InChI=1S/C13H24N2O2/c1-5-8-15-9-6-7-11(15)10-14-12(16)17-13(2,3)4/h5,11H,1,6-10H2,2-4H3,(H,14,16). The summed E-state index contributed by atoms with van der Waals surface area (Å²) in [7, 11) is 0. The van der Waals surface area contributed by atoms with Gasteiger partial charge in [0, 0.05) is 19.1 Å². The van der Waals surface area contributed by atoms with Crippen LogP contribution < -0.4 is 5.32 Å². The van der Waals surface area contributed by atoms with Gasteiger partial charge in [0.2, 0.25) is 0 Å². The summed E-state index contributed by atoms with van der Waals surface area (Å²) in [5, 5.41) is 2.83. The number of alkyl carbamates (subject to hydrolysis) is 1. The summed E-state index contributed by atoms with van der Waals surface area (Å²) < 4.78 is 5.20. The lowest BCUT2D eigenvalue weighted by Crippen LogP contribution is -2.42. The molecule has 1 rings (SSSR count). The van der Waals surface area contributed by atoms with Crippen LogP contribution in [-0.4, -0.2) is 42.3 Å². The highest BCUT2D eigenvalue weighted by molar-refractivity contribution is 5.67. The summed E-state index contributed by atoms with van der Waals surface area (Å²) >= 11 is 0. The van der Waals surface area contributed by atoms with E-state index < -0.39 is 5.60 Å². The molecule has 98 valence electrons. The molecule has 4 nitrogen and oxygen atoms in total. The van der Waals surface area contributed by atoms with Crippen LogP contribution in [0.25, 0.3) is 0 Å². The number of hydrogen-bond acceptors (Lipinski definition) is 3. The summed E-state index contributed by atoms with van der Waals surface area (Å²) in [5.74, 6) is 0. The molecule has 0 aromatic heterocycles. The molecular formula is C13H24N2O2. The highest BCUT2D eigenvalue weighted by Crippen LogP contribution is 2.16. The summed E-state index contributed by atoms with van der Waals surface area (Å²) in [6, 6.07) is 0.417. The van der Waals surface area contributed by atoms with Gasteiger partial charge in [-0.05, 0) is 40.2 Å². The first-order chi connectivity index (χ1) is 7.92. The number of likely N-dealkylation sites (tertiary alicyclic amines) is 1. The van der Waals surface area contributed by atoms with E-state index in [2.05, 4.69) is 16.8 Å². The van der Waals surface area contributed by atoms with Gasteiger partial charge in [-0.3, -0.25) is 4.90 Å². The number of carbonyl (C=O) groups excluding carboxylic acids is 1. The van der Waals surface area contributed by atoms with Crippen LogP contribution in [0.3, 0.4) is 0 Å². The van der Waals surface area contributed by atoms with Crippen molar-refractivity contribution >= 4 is 6.09 Å². The fraction of sp³-hybridized carbons (Fsp3) is 0.769. The summed E-state index contributed by atoms with van der Waals surface area (Å²) in [6.07, 6.45) is 3.90. The number of ether oxygens (including phenoxy) is 1. The fourth-order valence-electron chi connectivity index (χ4n) is 2.05. The maximum atomic E-state index is 11.5. The van der Waals surface area contributed by atoms with Crippen LogP contribution >= 0.6 is 0 Å². The topological polar surface area (TPSA) is 41.6 Å². The van der Waals surface area contributed by atoms with E-state index in [0.717, 1.165) is 19.5 Å². The van der Waals surface area contributed by atoms with Gasteiger partial charge in [-0.25, -0.2) is 4.79 Å². The maximum absolute atomic E-state index is 11.5. The Balaban J connectivity index is 2.30. The van der Waals surface area contributed by atoms with Crippen molar-refractivity contribution in [1.29, 1.82) is 0 Å². The lowest BCUT2D eigenvalue weighted by atomic mass is 10.2. The van der Waals surface area contributed by atoms with E-state index in [0.29, 0.717) is 12.6 Å². The SMILES string of the molecule is C=CCN1CCCC1CNC(=O)OC(C)(C)C. The highest BCUT2D eigenvalue weighted by atomic mass is 16.6. The first-order valence-corrected chi connectivity index (χ1v) is 6.24. The fourth-order valence-corrected chi connectivity index (χ4v) is 2.05. The molecule has 0 aromatic carbocycles. The number of hydrogen-bond donors (Lipinski definition) is 1. The van der Waals surface area contributed by atoms with Gasteiger partial charge in [-0.1, -0.05) is 6.08 Å². The molecule has 0 aliphatic carbocycles. The highest BCUT2D eigenvalue weighted by Gasteiger charge is 2.24. The molecule has 1 aliphatic rings. The zero-order valence-corrected chi connectivity index (χ0v) is 11.2. The molecule has 0 spiro atoms. The van der Waals surface area contributed by atoms with Gasteiger partial charge in [0.25, 0.3) is 0 Å². The summed E-state index contributed by atoms with van der Waals surface area (Å²) in [4.78, 5) is 13.8. The van der Waals surface area contributed by atoms with E-state index in [-0.39, 0.29) is 6.09 Å². The average Bonchev–Trinajstić information content (AvgIpc) is 2.60. The van der Waals surface area contributed by atoms with Gasteiger partial charge in [0.05, 0.1) is 0 Å². The second-order valence-corrected chi connectivity index (χ2v) is 5.46. The molecule has 1 amide bonds. The average molecular weight is 240 g/mol. The molecule has 1 atom stereocenters. The minimum atomic E-state index is -0.430. The second kappa shape index (κ2) is 6.05. The minimum Gasteiger partial charge on any atom is -0.444 e. The van der Waals surface area contributed by atoms with Gasteiger partial charge in [-0.2, -0.15) is 0 Å². The Morgan fingerprint density at radius 2 is 2.29 bits per heavy atom. The third kappa shape index (κ3) is 5.22. The molecule has 0 aromatic rings. The van der Waals surface area contributed by atoms with Crippen LogP contribution in [0.4, 0.5) is 4.79 Å². The minimum absolute atomic E-state index is 0.331. The third-order valence-corrected chi connectivity index (χ3v) is 2.74. The predicted molar refractivity (Wildman–Crippen MR) is 69.0 cm³/mol. The van der Waals surface area contributed by atoms with Crippen LogP contribution in [0.5, 0.6) is 0 Å². The first-order valence-electron chi connectivity index (χ1n) is 6.24. The van der Waals surface area contributed by atoms with Crippen LogP contribution in [-0.2, 0) is 4.74 Å². The van der Waals surface area contributed by atoms with Crippen molar-refractivity contribution in [3.63, 3.8) is 0 Å². The van der Waals surface area contributed by atoms with E-state index in [1.165, 1.54) is 6.42 Å². The summed E-state index contributed by atoms with van der Waals surface area (Å²) in [6.45, 7) is 12.0. The van der Waals surface area contributed by atoms with Gasteiger partial charge in [0.1, 0.15) is 5.60 Å². The van der Waals surface area contributed by atoms with Crippen molar-refractivity contribution in [3.05, 3.63) is 12.7 Å². The number of rotatable bonds is 4.